The van der Waals surface area contributed by atoms with E-state index in [2.05, 4.69) is 0 Å². The smallest absolute Gasteiger partial charge is 0.384 e. The first-order valence-corrected chi connectivity index (χ1v) is 9.13. The van der Waals surface area contributed by atoms with Crippen LogP contribution in [0.25, 0.3) is 0 Å². The Morgan fingerprint density at radius 1 is 1.12 bits per heavy atom. The quantitative estimate of drug-likeness (QED) is 0.783. The molecule has 0 aromatic rings. The average Bonchev–Trinajstić information content (AvgIpc) is 2.52. The lowest BCUT2D eigenvalue weighted by molar-refractivity contribution is -0.206. The van der Waals surface area contributed by atoms with E-state index >= 15 is 0 Å². The first kappa shape index (κ1) is 19.1. The summed E-state index contributed by atoms with van der Waals surface area (Å²) in [7, 11) is 0. The van der Waals surface area contributed by atoms with Gasteiger partial charge in [-0.15, -0.1) is 0 Å². The van der Waals surface area contributed by atoms with Gasteiger partial charge in [0.15, 0.2) is 5.78 Å². The zero-order valence-electron chi connectivity index (χ0n) is 14.5. The van der Waals surface area contributed by atoms with Gasteiger partial charge in [0.2, 0.25) is 0 Å². The maximum Gasteiger partial charge on any atom is 0.393 e. The molecule has 2 N–H and O–H groups in total. The Morgan fingerprint density at radius 3 is 2.40 bits per heavy atom. The third kappa shape index (κ3) is 3.86. The number of ketones is 1. The van der Waals surface area contributed by atoms with Crippen LogP contribution in [-0.2, 0) is 4.79 Å². The van der Waals surface area contributed by atoms with Crippen LogP contribution in [0.1, 0.15) is 32.6 Å². The van der Waals surface area contributed by atoms with Crippen molar-refractivity contribution in [1.29, 1.82) is 0 Å². The van der Waals surface area contributed by atoms with Gasteiger partial charge in [0.25, 0.3) is 0 Å². The molecule has 0 aromatic carbocycles. The van der Waals surface area contributed by atoms with Gasteiger partial charge in [0, 0.05) is 38.3 Å². The summed E-state index contributed by atoms with van der Waals surface area (Å²) in [6.07, 6.45) is -4.20. The van der Waals surface area contributed by atoms with Gasteiger partial charge in [-0.3, -0.25) is 14.6 Å². The Hall–Kier alpha value is -0.700. The van der Waals surface area contributed by atoms with Gasteiger partial charge in [0.05, 0.1) is 5.92 Å². The summed E-state index contributed by atoms with van der Waals surface area (Å²) in [6, 6.07) is -0.788. The zero-order valence-corrected chi connectivity index (χ0v) is 14.5. The average molecular weight is 364 g/mol. The number of alkyl halides is 3. The van der Waals surface area contributed by atoms with E-state index in [1.54, 1.807) is 6.92 Å². The molecule has 8 heteroatoms. The number of carbonyl (C=O) groups is 1. The minimum Gasteiger partial charge on any atom is -0.384 e. The fourth-order valence-electron chi connectivity index (χ4n) is 4.61. The molecule has 5 atom stereocenters. The lowest BCUT2D eigenvalue weighted by atomic mass is 9.80. The summed E-state index contributed by atoms with van der Waals surface area (Å²) in [5.41, 5.74) is 0. The lowest BCUT2D eigenvalue weighted by Gasteiger charge is -2.51. The summed E-state index contributed by atoms with van der Waals surface area (Å²) in [5.74, 6) is -1.56. The third-order valence-electron chi connectivity index (χ3n) is 6.16. The summed E-state index contributed by atoms with van der Waals surface area (Å²) in [4.78, 5) is 15.4. The van der Waals surface area contributed by atoms with Crippen LogP contribution in [0, 0.1) is 11.8 Å². The number of nitrogens with zero attached hydrogens (tertiary/aromatic N) is 2. The van der Waals surface area contributed by atoms with Gasteiger partial charge >= 0.3 is 6.18 Å². The number of halogens is 3. The van der Waals surface area contributed by atoms with E-state index < -0.39 is 36.1 Å². The van der Waals surface area contributed by atoms with Crippen LogP contribution in [-0.4, -0.2) is 82.4 Å². The van der Waals surface area contributed by atoms with Crippen LogP contribution < -0.4 is 0 Å². The van der Waals surface area contributed by atoms with Crippen molar-refractivity contribution in [3.05, 3.63) is 0 Å². The van der Waals surface area contributed by atoms with Crippen molar-refractivity contribution in [3.63, 3.8) is 0 Å². The number of piperidine rings is 1. The zero-order chi connectivity index (χ0) is 18.4. The minimum atomic E-state index is -4.13. The third-order valence-corrected chi connectivity index (χ3v) is 6.16. The minimum absolute atomic E-state index is 0.183. The molecule has 0 amide bonds. The van der Waals surface area contributed by atoms with Crippen LogP contribution in [0.5, 0.6) is 0 Å². The normalized spacial score (nSPS) is 39.4. The summed E-state index contributed by atoms with van der Waals surface area (Å²) < 4.78 is 39.7. The number of β-amino-alcohol motifs (C(OH)–C–C–N with tert-alkyl or cyclic N) is 1. The molecule has 3 aliphatic rings. The molecule has 2 aliphatic heterocycles. The van der Waals surface area contributed by atoms with Gasteiger partial charge < -0.3 is 10.2 Å². The SMILES string of the molecule is C[C@@H]1[C@@H](O)C(=O)[C@@H](O)CN1CC1CN(C2CCCC[C@H]2C(F)(F)F)C1. The molecule has 144 valence electrons. The first-order chi connectivity index (χ1) is 11.7. The summed E-state index contributed by atoms with van der Waals surface area (Å²) >= 11 is 0. The Balaban J connectivity index is 1.53. The summed E-state index contributed by atoms with van der Waals surface area (Å²) in [6.45, 7) is 3.73. The van der Waals surface area contributed by atoms with Crippen molar-refractivity contribution in [1.82, 2.24) is 9.80 Å². The highest BCUT2D eigenvalue weighted by Crippen LogP contribution is 2.42. The highest BCUT2D eigenvalue weighted by atomic mass is 19.4. The standard InChI is InChI=1S/C17H27F3N2O3/c1-10-15(24)16(25)14(23)9-21(10)6-11-7-22(8-11)13-5-3-2-4-12(13)17(18,19)20/h10-15,23-24H,2-9H2,1H3/t10-,12-,13?,14+,15-/m1/s1. The number of aliphatic hydroxyl groups excluding tert-OH is 2. The molecule has 1 saturated carbocycles. The van der Waals surface area contributed by atoms with Crippen molar-refractivity contribution in [2.24, 2.45) is 11.8 Å². The molecule has 0 spiro atoms. The Bertz CT molecular complexity index is 496. The van der Waals surface area contributed by atoms with E-state index in [1.165, 1.54) is 0 Å². The van der Waals surface area contributed by atoms with Crippen molar-refractivity contribution in [3.8, 4) is 0 Å². The molecular weight excluding hydrogens is 337 g/mol. The van der Waals surface area contributed by atoms with Crippen molar-refractivity contribution < 1.29 is 28.2 Å². The number of aliphatic hydroxyl groups is 2. The molecule has 2 heterocycles. The number of hydrogen-bond acceptors (Lipinski definition) is 5. The molecule has 5 nitrogen and oxygen atoms in total. The number of Topliss-reactive ketones (excluding diaryl/α,β-unsaturated/α-hetero) is 1. The molecule has 0 bridgehead atoms. The fourth-order valence-corrected chi connectivity index (χ4v) is 4.61. The predicted octanol–water partition coefficient (Wildman–Crippen LogP) is 1.03. The molecule has 2 saturated heterocycles. The molecular formula is C17H27F3N2O3. The maximum absolute atomic E-state index is 13.2. The van der Waals surface area contributed by atoms with Gasteiger partial charge in [-0.05, 0) is 25.7 Å². The number of carbonyl (C=O) groups excluding carboxylic acids is 1. The Labute approximate surface area is 145 Å². The molecule has 3 fully saturated rings. The molecule has 1 unspecified atom stereocenters. The molecule has 0 radical (unpaired) electrons. The van der Waals surface area contributed by atoms with Crippen LogP contribution in [0.4, 0.5) is 13.2 Å². The second-order valence-corrected chi connectivity index (χ2v) is 7.88. The van der Waals surface area contributed by atoms with Crippen LogP contribution >= 0.6 is 0 Å². The molecule has 0 aromatic heterocycles. The molecule has 25 heavy (non-hydrogen) atoms. The van der Waals surface area contributed by atoms with Gasteiger partial charge in [-0.2, -0.15) is 13.2 Å². The van der Waals surface area contributed by atoms with Crippen LogP contribution in [0.15, 0.2) is 0 Å². The largest absolute Gasteiger partial charge is 0.393 e. The summed E-state index contributed by atoms with van der Waals surface area (Å²) in [5, 5.41) is 19.6. The predicted molar refractivity (Wildman–Crippen MR) is 84.9 cm³/mol. The van der Waals surface area contributed by atoms with E-state index in [0.29, 0.717) is 32.5 Å². The second-order valence-electron chi connectivity index (χ2n) is 7.88. The van der Waals surface area contributed by atoms with Crippen molar-refractivity contribution in [2.45, 2.75) is 63.1 Å². The number of hydrogen-bond donors (Lipinski definition) is 2. The van der Waals surface area contributed by atoms with Crippen LogP contribution in [0.3, 0.4) is 0 Å². The highest BCUT2D eigenvalue weighted by molar-refractivity contribution is 5.88. The molecule has 1 aliphatic carbocycles. The highest BCUT2D eigenvalue weighted by Gasteiger charge is 2.50. The topological polar surface area (TPSA) is 64.0 Å². The lowest BCUT2D eigenvalue weighted by Crippen LogP contribution is -2.63. The van der Waals surface area contributed by atoms with E-state index in [-0.39, 0.29) is 24.9 Å². The maximum atomic E-state index is 13.2. The number of rotatable bonds is 3. The Morgan fingerprint density at radius 2 is 1.76 bits per heavy atom. The van der Waals surface area contributed by atoms with E-state index in [1.807, 2.05) is 9.80 Å². The fraction of sp³-hybridized carbons (Fsp3) is 0.941. The van der Waals surface area contributed by atoms with E-state index in [4.69, 9.17) is 0 Å². The second kappa shape index (κ2) is 7.13. The first-order valence-electron chi connectivity index (χ1n) is 9.13. The monoisotopic (exact) mass is 364 g/mol. The van der Waals surface area contributed by atoms with Gasteiger partial charge in [-0.1, -0.05) is 12.8 Å². The van der Waals surface area contributed by atoms with Crippen molar-refractivity contribution >= 4 is 5.78 Å². The van der Waals surface area contributed by atoms with Crippen molar-refractivity contribution in [2.75, 3.05) is 26.2 Å². The van der Waals surface area contributed by atoms with Gasteiger partial charge in [0.1, 0.15) is 12.2 Å². The Kier molecular flexibility index (Phi) is 5.44. The molecule has 3 rings (SSSR count). The van der Waals surface area contributed by atoms with E-state index in [9.17, 15) is 28.2 Å². The van der Waals surface area contributed by atoms with Gasteiger partial charge in [-0.25, -0.2) is 0 Å². The van der Waals surface area contributed by atoms with E-state index in [0.717, 1.165) is 6.42 Å². The number of likely N-dealkylation sites (tertiary alicyclic amines) is 2. The van der Waals surface area contributed by atoms with Crippen LogP contribution in [0.2, 0.25) is 0 Å².